The zero-order valence-electron chi connectivity index (χ0n) is 11.3. The van der Waals surface area contributed by atoms with Crippen LogP contribution in [0.2, 0.25) is 0 Å². The molecule has 1 N–H and O–H groups in total. The SMILES string of the molecule is COc1ccc2c(c1)C1NC(=O)c3ccccc3N1C2=O. The fourth-order valence-corrected chi connectivity index (χ4v) is 2.94. The maximum absolute atomic E-state index is 12.6. The van der Waals surface area contributed by atoms with Gasteiger partial charge in [-0.25, -0.2) is 0 Å². The Morgan fingerprint density at radius 1 is 1.10 bits per heavy atom. The van der Waals surface area contributed by atoms with Gasteiger partial charge in [0.15, 0.2) is 0 Å². The van der Waals surface area contributed by atoms with Crippen LogP contribution >= 0.6 is 0 Å². The number of benzene rings is 2. The predicted molar refractivity (Wildman–Crippen MR) is 76.5 cm³/mol. The second-order valence-electron chi connectivity index (χ2n) is 5.02. The first kappa shape index (κ1) is 12.0. The molecule has 2 aliphatic heterocycles. The first-order valence-corrected chi connectivity index (χ1v) is 6.62. The van der Waals surface area contributed by atoms with Crippen molar-refractivity contribution >= 4 is 17.5 Å². The number of nitrogens with one attached hydrogen (secondary N) is 1. The molecule has 2 aromatic carbocycles. The second kappa shape index (κ2) is 4.09. The van der Waals surface area contributed by atoms with E-state index < -0.39 is 6.17 Å². The molecule has 0 spiro atoms. The molecule has 0 fully saturated rings. The number of carbonyl (C=O) groups excluding carboxylic acids is 2. The van der Waals surface area contributed by atoms with Gasteiger partial charge in [-0.15, -0.1) is 0 Å². The van der Waals surface area contributed by atoms with Crippen LogP contribution < -0.4 is 15.0 Å². The van der Waals surface area contributed by atoms with Crippen LogP contribution in [0, 0.1) is 0 Å². The smallest absolute Gasteiger partial charge is 0.260 e. The summed E-state index contributed by atoms with van der Waals surface area (Å²) in [6, 6.07) is 12.4. The fraction of sp³-hybridized carbons (Fsp3) is 0.125. The maximum atomic E-state index is 12.6. The molecule has 2 aromatic rings. The number of para-hydroxylation sites is 1. The van der Waals surface area contributed by atoms with Gasteiger partial charge in [-0.1, -0.05) is 12.1 Å². The normalized spacial score (nSPS) is 18.7. The van der Waals surface area contributed by atoms with Gasteiger partial charge in [0.2, 0.25) is 0 Å². The van der Waals surface area contributed by atoms with E-state index >= 15 is 0 Å². The van der Waals surface area contributed by atoms with Crippen LogP contribution in [-0.2, 0) is 0 Å². The summed E-state index contributed by atoms with van der Waals surface area (Å²) in [5.41, 5.74) is 2.52. The van der Waals surface area contributed by atoms with E-state index in [1.807, 2.05) is 6.07 Å². The highest BCUT2D eigenvalue weighted by Crippen LogP contribution is 2.41. The molecule has 1 atom stereocenters. The highest BCUT2D eigenvalue weighted by Gasteiger charge is 2.43. The Labute approximate surface area is 121 Å². The third kappa shape index (κ3) is 1.51. The quantitative estimate of drug-likeness (QED) is 0.870. The number of hydrogen-bond acceptors (Lipinski definition) is 3. The summed E-state index contributed by atoms with van der Waals surface area (Å²) in [5, 5.41) is 2.88. The summed E-state index contributed by atoms with van der Waals surface area (Å²) in [4.78, 5) is 26.5. The third-order valence-corrected chi connectivity index (χ3v) is 3.94. The Kier molecular flexibility index (Phi) is 2.33. The first-order valence-electron chi connectivity index (χ1n) is 6.62. The lowest BCUT2D eigenvalue weighted by molar-refractivity contribution is 0.0912. The zero-order chi connectivity index (χ0) is 14.6. The molecule has 4 rings (SSSR count). The molecule has 0 bridgehead atoms. The molecule has 0 aromatic heterocycles. The van der Waals surface area contributed by atoms with E-state index in [0.29, 0.717) is 22.6 Å². The summed E-state index contributed by atoms with van der Waals surface area (Å²) in [7, 11) is 1.57. The molecule has 2 amide bonds. The van der Waals surface area contributed by atoms with Crippen LogP contribution in [0.3, 0.4) is 0 Å². The van der Waals surface area contributed by atoms with Gasteiger partial charge in [0.25, 0.3) is 11.8 Å². The van der Waals surface area contributed by atoms with Gasteiger partial charge < -0.3 is 10.1 Å². The van der Waals surface area contributed by atoms with Crippen molar-refractivity contribution in [3.63, 3.8) is 0 Å². The maximum Gasteiger partial charge on any atom is 0.260 e. The summed E-state index contributed by atoms with van der Waals surface area (Å²) < 4.78 is 5.21. The van der Waals surface area contributed by atoms with E-state index in [4.69, 9.17) is 4.74 Å². The predicted octanol–water partition coefficient (Wildman–Crippen LogP) is 2.10. The molecular formula is C16H12N2O3. The van der Waals surface area contributed by atoms with Gasteiger partial charge >= 0.3 is 0 Å². The van der Waals surface area contributed by atoms with Crippen molar-refractivity contribution in [2.24, 2.45) is 0 Å². The zero-order valence-corrected chi connectivity index (χ0v) is 11.3. The minimum Gasteiger partial charge on any atom is -0.497 e. The Hall–Kier alpha value is -2.82. The van der Waals surface area contributed by atoms with Crippen molar-refractivity contribution in [2.75, 3.05) is 12.0 Å². The molecule has 21 heavy (non-hydrogen) atoms. The average molecular weight is 280 g/mol. The standard InChI is InChI=1S/C16H12N2O3/c1-21-9-6-7-10-12(8-9)14-17-15(19)11-4-2-3-5-13(11)18(14)16(10)20/h2-8,14H,1H3,(H,17,19). The summed E-state index contributed by atoms with van der Waals surface area (Å²) in [5.74, 6) is 0.386. The van der Waals surface area contributed by atoms with Gasteiger partial charge in [-0.2, -0.15) is 0 Å². The summed E-state index contributed by atoms with van der Waals surface area (Å²) in [6.07, 6.45) is -0.468. The largest absolute Gasteiger partial charge is 0.497 e. The average Bonchev–Trinajstić information content (AvgIpc) is 2.80. The Balaban J connectivity index is 1.92. The lowest BCUT2D eigenvalue weighted by Gasteiger charge is -2.32. The molecule has 104 valence electrons. The third-order valence-electron chi connectivity index (χ3n) is 3.94. The van der Waals surface area contributed by atoms with E-state index in [2.05, 4.69) is 5.32 Å². The van der Waals surface area contributed by atoms with Crippen molar-refractivity contribution < 1.29 is 14.3 Å². The molecular weight excluding hydrogens is 268 g/mol. The lowest BCUT2D eigenvalue weighted by Crippen LogP contribution is -2.45. The number of fused-ring (bicyclic) bond motifs is 5. The Morgan fingerprint density at radius 2 is 1.90 bits per heavy atom. The van der Waals surface area contributed by atoms with E-state index in [1.54, 1.807) is 48.4 Å². The van der Waals surface area contributed by atoms with Crippen molar-refractivity contribution in [3.8, 4) is 5.75 Å². The molecule has 0 saturated carbocycles. The number of nitrogens with zero attached hydrogens (tertiary/aromatic N) is 1. The topological polar surface area (TPSA) is 58.6 Å². The molecule has 2 heterocycles. The molecule has 5 nitrogen and oxygen atoms in total. The highest BCUT2D eigenvalue weighted by atomic mass is 16.5. The van der Waals surface area contributed by atoms with Crippen molar-refractivity contribution in [1.29, 1.82) is 0 Å². The van der Waals surface area contributed by atoms with E-state index in [1.165, 1.54) is 0 Å². The number of carbonyl (C=O) groups is 2. The number of methoxy groups -OCH3 is 1. The number of rotatable bonds is 1. The molecule has 5 heteroatoms. The van der Waals surface area contributed by atoms with Gasteiger partial charge in [-0.05, 0) is 30.3 Å². The molecule has 1 unspecified atom stereocenters. The fourth-order valence-electron chi connectivity index (χ4n) is 2.94. The van der Waals surface area contributed by atoms with Crippen LogP contribution in [0.5, 0.6) is 5.75 Å². The lowest BCUT2D eigenvalue weighted by atomic mass is 10.1. The Morgan fingerprint density at radius 3 is 2.71 bits per heavy atom. The van der Waals surface area contributed by atoms with E-state index in [0.717, 1.165) is 5.56 Å². The summed E-state index contributed by atoms with van der Waals surface area (Å²) >= 11 is 0. The number of ether oxygens (including phenoxy) is 1. The van der Waals surface area contributed by atoms with E-state index in [9.17, 15) is 9.59 Å². The van der Waals surface area contributed by atoms with Gasteiger partial charge in [0, 0.05) is 11.1 Å². The van der Waals surface area contributed by atoms with Crippen LogP contribution in [0.15, 0.2) is 42.5 Å². The minimum absolute atomic E-state index is 0.106. The highest BCUT2D eigenvalue weighted by molar-refractivity contribution is 6.16. The molecule has 0 aliphatic carbocycles. The monoisotopic (exact) mass is 280 g/mol. The Bertz CT molecular complexity index is 785. The summed E-state index contributed by atoms with van der Waals surface area (Å²) in [6.45, 7) is 0. The van der Waals surface area contributed by atoms with Crippen molar-refractivity contribution in [1.82, 2.24) is 5.32 Å². The minimum atomic E-state index is -0.468. The number of hydrogen-bond donors (Lipinski definition) is 1. The number of amides is 2. The first-order chi connectivity index (χ1) is 10.2. The van der Waals surface area contributed by atoms with E-state index in [-0.39, 0.29) is 11.8 Å². The van der Waals surface area contributed by atoms with Gasteiger partial charge in [-0.3, -0.25) is 14.5 Å². The number of anilines is 1. The second-order valence-corrected chi connectivity index (χ2v) is 5.02. The van der Waals surface area contributed by atoms with Gasteiger partial charge in [0.05, 0.1) is 18.4 Å². The van der Waals surface area contributed by atoms with Crippen LogP contribution in [0.4, 0.5) is 5.69 Å². The van der Waals surface area contributed by atoms with Crippen LogP contribution in [0.25, 0.3) is 0 Å². The van der Waals surface area contributed by atoms with Crippen LogP contribution in [0.1, 0.15) is 32.4 Å². The van der Waals surface area contributed by atoms with Crippen molar-refractivity contribution in [3.05, 3.63) is 59.2 Å². The van der Waals surface area contributed by atoms with Gasteiger partial charge in [0.1, 0.15) is 11.9 Å². The molecule has 2 aliphatic rings. The van der Waals surface area contributed by atoms with Crippen molar-refractivity contribution in [2.45, 2.75) is 6.17 Å². The molecule has 0 saturated heterocycles. The molecule has 0 radical (unpaired) electrons. The van der Waals surface area contributed by atoms with Crippen LogP contribution in [-0.4, -0.2) is 18.9 Å².